The molecule has 6 nitrogen and oxygen atoms in total. The standard InChI is InChI=1S/C20H23BrN2O4S/c1-26-8-9-27-18-7-2-4-15(10-18)12-22-19(24)13-28-14-20(25)23-17-6-3-5-16(21)11-17/h2-7,10-11H,8-9,12-14H2,1H3,(H,22,24)(H,23,25). The molecule has 0 aromatic heterocycles. The molecule has 0 aliphatic heterocycles. The molecule has 0 aliphatic rings. The number of methoxy groups -OCH3 is 1. The van der Waals surface area contributed by atoms with Crippen molar-refractivity contribution < 1.29 is 19.1 Å². The summed E-state index contributed by atoms with van der Waals surface area (Å²) in [5.41, 5.74) is 1.66. The Morgan fingerprint density at radius 1 is 1.04 bits per heavy atom. The minimum Gasteiger partial charge on any atom is -0.491 e. The maximum Gasteiger partial charge on any atom is 0.234 e. The molecule has 0 bridgehead atoms. The van der Waals surface area contributed by atoms with Gasteiger partial charge < -0.3 is 20.1 Å². The van der Waals surface area contributed by atoms with Crippen LogP contribution in [0.1, 0.15) is 5.56 Å². The Bertz CT molecular complexity index is 788. The Labute approximate surface area is 177 Å². The molecule has 2 aromatic rings. The summed E-state index contributed by atoms with van der Waals surface area (Å²) in [5.74, 6) is 0.906. The monoisotopic (exact) mass is 466 g/mol. The lowest BCUT2D eigenvalue weighted by molar-refractivity contribution is -0.118. The number of benzene rings is 2. The SMILES string of the molecule is COCCOc1cccc(CNC(=O)CSCC(=O)Nc2cccc(Br)c2)c1. The van der Waals surface area contributed by atoms with Crippen molar-refractivity contribution in [2.45, 2.75) is 6.54 Å². The topological polar surface area (TPSA) is 76.7 Å². The van der Waals surface area contributed by atoms with Gasteiger partial charge in [0.15, 0.2) is 0 Å². The highest BCUT2D eigenvalue weighted by Crippen LogP contribution is 2.16. The van der Waals surface area contributed by atoms with E-state index in [2.05, 4.69) is 26.6 Å². The predicted octanol–water partition coefficient (Wildman–Crippen LogP) is 3.46. The molecule has 2 rings (SSSR count). The number of anilines is 1. The van der Waals surface area contributed by atoms with Crippen molar-refractivity contribution in [3.8, 4) is 5.75 Å². The molecule has 8 heteroatoms. The summed E-state index contributed by atoms with van der Waals surface area (Å²) in [6.45, 7) is 1.41. The van der Waals surface area contributed by atoms with E-state index >= 15 is 0 Å². The maximum absolute atomic E-state index is 12.0. The van der Waals surface area contributed by atoms with Gasteiger partial charge in [0.05, 0.1) is 18.1 Å². The zero-order valence-corrected chi connectivity index (χ0v) is 18.0. The highest BCUT2D eigenvalue weighted by molar-refractivity contribution is 9.10. The van der Waals surface area contributed by atoms with E-state index in [-0.39, 0.29) is 23.3 Å². The number of hydrogen-bond donors (Lipinski definition) is 2. The Morgan fingerprint density at radius 2 is 1.82 bits per heavy atom. The van der Waals surface area contributed by atoms with Crippen LogP contribution in [0.3, 0.4) is 0 Å². The van der Waals surface area contributed by atoms with Gasteiger partial charge in [-0.1, -0.05) is 34.1 Å². The number of carbonyl (C=O) groups excluding carboxylic acids is 2. The van der Waals surface area contributed by atoms with E-state index in [9.17, 15) is 9.59 Å². The highest BCUT2D eigenvalue weighted by Gasteiger charge is 2.07. The first kappa shape index (κ1) is 22.3. The normalized spacial score (nSPS) is 10.4. The number of rotatable bonds is 11. The summed E-state index contributed by atoms with van der Waals surface area (Å²) in [7, 11) is 1.62. The third-order valence-electron chi connectivity index (χ3n) is 3.52. The van der Waals surface area contributed by atoms with Crippen molar-refractivity contribution in [2.75, 3.05) is 37.1 Å². The second kappa shape index (κ2) is 12.4. The van der Waals surface area contributed by atoms with E-state index in [0.717, 1.165) is 21.5 Å². The molecule has 0 spiro atoms. The van der Waals surface area contributed by atoms with Gasteiger partial charge in [0.2, 0.25) is 11.8 Å². The zero-order chi connectivity index (χ0) is 20.2. The van der Waals surface area contributed by atoms with E-state index in [1.165, 1.54) is 11.8 Å². The molecule has 150 valence electrons. The smallest absolute Gasteiger partial charge is 0.234 e. The Balaban J connectivity index is 1.66. The van der Waals surface area contributed by atoms with Crippen LogP contribution in [0.25, 0.3) is 0 Å². The van der Waals surface area contributed by atoms with Crippen LogP contribution in [0.15, 0.2) is 53.0 Å². The molecular weight excluding hydrogens is 444 g/mol. The first-order chi connectivity index (χ1) is 13.6. The molecule has 28 heavy (non-hydrogen) atoms. The average molecular weight is 467 g/mol. The lowest BCUT2D eigenvalue weighted by Gasteiger charge is -2.09. The minimum atomic E-state index is -0.142. The molecule has 0 saturated heterocycles. The van der Waals surface area contributed by atoms with Crippen LogP contribution in [-0.4, -0.2) is 43.6 Å². The molecule has 0 saturated carbocycles. The fourth-order valence-corrected chi connectivity index (χ4v) is 3.29. The quantitative estimate of drug-likeness (QED) is 0.495. The number of nitrogens with one attached hydrogen (secondary N) is 2. The van der Waals surface area contributed by atoms with Gasteiger partial charge in [-0.2, -0.15) is 0 Å². The molecule has 0 atom stereocenters. The second-order valence-electron chi connectivity index (χ2n) is 5.82. The van der Waals surface area contributed by atoms with E-state index < -0.39 is 0 Å². The third kappa shape index (κ3) is 8.77. The number of halogens is 1. The Kier molecular flexibility index (Phi) is 9.88. The molecular formula is C20H23BrN2O4S. The summed E-state index contributed by atoms with van der Waals surface area (Å²) in [6.07, 6.45) is 0. The minimum absolute atomic E-state index is 0.119. The van der Waals surface area contributed by atoms with Crippen LogP contribution in [0.4, 0.5) is 5.69 Å². The van der Waals surface area contributed by atoms with Crippen LogP contribution < -0.4 is 15.4 Å². The van der Waals surface area contributed by atoms with Gasteiger partial charge in [0.1, 0.15) is 12.4 Å². The lowest BCUT2D eigenvalue weighted by atomic mass is 10.2. The van der Waals surface area contributed by atoms with Crippen LogP contribution >= 0.6 is 27.7 Å². The highest BCUT2D eigenvalue weighted by atomic mass is 79.9. The average Bonchev–Trinajstić information content (AvgIpc) is 2.67. The first-order valence-corrected chi connectivity index (χ1v) is 10.6. The van der Waals surface area contributed by atoms with Crippen LogP contribution in [0.5, 0.6) is 5.75 Å². The van der Waals surface area contributed by atoms with E-state index in [0.29, 0.717) is 19.8 Å². The molecule has 2 N–H and O–H groups in total. The first-order valence-electron chi connectivity index (χ1n) is 8.67. The number of carbonyl (C=O) groups is 2. The summed E-state index contributed by atoms with van der Waals surface area (Å²) >= 11 is 4.63. The molecule has 0 aliphatic carbocycles. The van der Waals surface area contributed by atoms with Gasteiger partial charge in [0, 0.05) is 23.8 Å². The van der Waals surface area contributed by atoms with Gasteiger partial charge in [-0.05, 0) is 35.9 Å². The largest absolute Gasteiger partial charge is 0.491 e. The van der Waals surface area contributed by atoms with Crippen molar-refractivity contribution in [3.05, 3.63) is 58.6 Å². The van der Waals surface area contributed by atoms with Gasteiger partial charge in [0.25, 0.3) is 0 Å². The maximum atomic E-state index is 12.0. The number of thioether (sulfide) groups is 1. The third-order valence-corrected chi connectivity index (χ3v) is 4.94. The second-order valence-corrected chi connectivity index (χ2v) is 7.72. The van der Waals surface area contributed by atoms with Gasteiger partial charge in [-0.3, -0.25) is 9.59 Å². The van der Waals surface area contributed by atoms with Gasteiger partial charge >= 0.3 is 0 Å². The van der Waals surface area contributed by atoms with Gasteiger partial charge in [-0.15, -0.1) is 11.8 Å². The molecule has 2 amide bonds. The van der Waals surface area contributed by atoms with Crippen molar-refractivity contribution in [1.29, 1.82) is 0 Å². The predicted molar refractivity (Wildman–Crippen MR) is 116 cm³/mol. The van der Waals surface area contributed by atoms with Crippen LogP contribution in [0.2, 0.25) is 0 Å². The van der Waals surface area contributed by atoms with Crippen molar-refractivity contribution in [3.63, 3.8) is 0 Å². The summed E-state index contributed by atoms with van der Waals surface area (Å²) in [4.78, 5) is 23.9. The van der Waals surface area contributed by atoms with Crippen molar-refractivity contribution in [1.82, 2.24) is 5.32 Å². The van der Waals surface area contributed by atoms with Crippen molar-refractivity contribution >= 4 is 45.2 Å². The van der Waals surface area contributed by atoms with E-state index in [1.807, 2.05) is 48.5 Å². The summed E-state index contributed by atoms with van der Waals surface area (Å²) < 4.78 is 11.4. The van der Waals surface area contributed by atoms with E-state index in [4.69, 9.17) is 9.47 Å². The van der Waals surface area contributed by atoms with Crippen molar-refractivity contribution in [2.24, 2.45) is 0 Å². The molecule has 2 aromatic carbocycles. The lowest BCUT2D eigenvalue weighted by Crippen LogP contribution is -2.25. The number of amides is 2. The molecule has 0 fully saturated rings. The van der Waals surface area contributed by atoms with Crippen LogP contribution in [0, 0.1) is 0 Å². The van der Waals surface area contributed by atoms with Crippen LogP contribution in [-0.2, 0) is 20.9 Å². The zero-order valence-electron chi connectivity index (χ0n) is 15.6. The van der Waals surface area contributed by atoms with E-state index in [1.54, 1.807) is 7.11 Å². The fourth-order valence-electron chi connectivity index (χ4n) is 2.24. The molecule has 0 radical (unpaired) electrons. The number of ether oxygens (including phenoxy) is 2. The summed E-state index contributed by atoms with van der Waals surface area (Å²) in [5, 5.41) is 5.64. The summed E-state index contributed by atoms with van der Waals surface area (Å²) in [6, 6.07) is 14.9. The molecule has 0 unspecified atom stereocenters. The molecule has 0 heterocycles. The fraction of sp³-hybridized carbons (Fsp3) is 0.300. The Morgan fingerprint density at radius 3 is 2.61 bits per heavy atom. The Hall–Kier alpha value is -2.03. The van der Waals surface area contributed by atoms with Gasteiger partial charge in [-0.25, -0.2) is 0 Å². The number of hydrogen-bond acceptors (Lipinski definition) is 5.